The number of carbonyl (C=O) groups excluding carboxylic acids is 1. The second kappa shape index (κ2) is 12.2. The Morgan fingerprint density at radius 1 is 1.15 bits per heavy atom. The molecule has 2 heterocycles. The van der Waals surface area contributed by atoms with Gasteiger partial charge in [-0.1, -0.05) is 35.5 Å². The summed E-state index contributed by atoms with van der Waals surface area (Å²) >= 11 is 9.11. The monoisotopic (exact) mass is 589 g/mol. The first-order chi connectivity index (χ1) is 19.3. The van der Waals surface area contributed by atoms with Gasteiger partial charge >= 0.3 is 0 Å². The van der Waals surface area contributed by atoms with Crippen LogP contribution < -0.4 is 10.1 Å². The van der Waals surface area contributed by atoms with Crippen molar-refractivity contribution in [2.75, 3.05) is 11.1 Å². The fourth-order valence-electron chi connectivity index (χ4n) is 4.13. The zero-order valence-corrected chi connectivity index (χ0v) is 24.7. The average molecular weight is 590 g/mol. The number of amides is 1. The average Bonchev–Trinajstić information content (AvgIpc) is 3.54. The minimum Gasteiger partial charge on any atom is -0.483 e. The van der Waals surface area contributed by atoms with Crippen LogP contribution in [0.2, 0.25) is 5.02 Å². The molecule has 0 bridgehead atoms. The molecule has 0 radical (unpaired) electrons. The van der Waals surface area contributed by atoms with Crippen molar-refractivity contribution < 1.29 is 9.53 Å². The van der Waals surface area contributed by atoms with Gasteiger partial charge in [-0.2, -0.15) is 0 Å². The first kappa shape index (κ1) is 27.9. The predicted octanol–water partition coefficient (Wildman–Crippen LogP) is 7.88. The Balaban J connectivity index is 1.21. The molecule has 1 amide bonds. The molecule has 1 unspecified atom stereocenters. The molecule has 0 saturated heterocycles. The molecule has 1 atom stereocenters. The Morgan fingerprint density at radius 2 is 1.95 bits per heavy atom. The number of fused-ring (bicyclic) bond motifs is 1. The lowest BCUT2D eigenvalue weighted by Crippen LogP contribution is -2.15. The van der Waals surface area contributed by atoms with E-state index in [2.05, 4.69) is 41.1 Å². The number of anilines is 1. The molecule has 3 aromatic carbocycles. The number of benzene rings is 3. The third-order valence-corrected chi connectivity index (χ3v) is 8.61. The molecule has 5 rings (SSSR count). The van der Waals surface area contributed by atoms with Gasteiger partial charge in [0.25, 0.3) is 0 Å². The maximum absolute atomic E-state index is 12.7. The van der Waals surface area contributed by atoms with Crippen LogP contribution in [0.15, 0.2) is 78.5 Å². The molecule has 2 aromatic heterocycles. The van der Waals surface area contributed by atoms with E-state index in [4.69, 9.17) is 21.3 Å². The zero-order chi connectivity index (χ0) is 28.2. The smallest absolute Gasteiger partial charge is 0.234 e. The van der Waals surface area contributed by atoms with E-state index in [1.165, 1.54) is 17.3 Å². The number of thioether (sulfide) groups is 1. The van der Waals surface area contributed by atoms with Gasteiger partial charge in [0, 0.05) is 22.8 Å². The van der Waals surface area contributed by atoms with Gasteiger partial charge in [0.05, 0.1) is 16.0 Å². The number of ether oxygens (including phenoxy) is 1. The van der Waals surface area contributed by atoms with Crippen molar-refractivity contribution in [3.8, 4) is 16.3 Å². The van der Waals surface area contributed by atoms with Crippen molar-refractivity contribution >= 4 is 56.5 Å². The molecule has 0 aliphatic heterocycles. The highest BCUT2D eigenvalue weighted by Gasteiger charge is 2.20. The van der Waals surface area contributed by atoms with Crippen molar-refractivity contribution in [1.82, 2.24) is 19.7 Å². The summed E-state index contributed by atoms with van der Waals surface area (Å²) in [6.45, 7) is 10.3. The Hall–Kier alpha value is -3.66. The molecule has 0 aliphatic rings. The van der Waals surface area contributed by atoms with Crippen LogP contribution in [-0.4, -0.2) is 31.4 Å². The van der Waals surface area contributed by atoms with E-state index >= 15 is 0 Å². The Kier molecular flexibility index (Phi) is 8.54. The fraction of sp³-hybridized carbons (Fsp3) is 0.200. The van der Waals surface area contributed by atoms with E-state index < -0.39 is 0 Å². The molecule has 0 saturated carbocycles. The number of aryl methyl sites for hydroxylation is 2. The molecule has 0 spiro atoms. The SMILES string of the molecule is C=CCn1c(SCC(=O)Nc2ccc(-c3nc4ccc(C)cc4s3)cc2)nnc1C(C)Oc1ccc(Cl)c(C)c1. The molecule has 0 fully saturated rings. The van der Waals surface area contributed by atoms with E-state index in [1.54, 1.807) is 17.4 Å². The normalized spacial score (nSPS) is 11.9. The molecule has 40 heavy (non-hydrogen) atoms. The molecular weight excluding hydrogens is 562 g/mol. The highest BCUT2D eigenvalue weighted by Crippen LogP contribution is 2.32. The van der Waals surface area contributed by atoms with Gasteiger partial charge in [-0.05, 0) is 86.5 Å². The fourth-order valence-corrected chi connectivity index (χ4v) is 6.08. The minimum atomic E-state index is -0.367. The number of halogens is 1. The van der Waals surface area contributed by atoms with Gasteiger partial charge in [-0.3, -0.25) is 9.36 Å². The summed E-state index contributed by atoms with van der Waals surface area (Å²) in [6, 6.07) is 19.5. The quantitative estimate of drug-likeness (QED) is 0.132. The number of nitrogens with one attached hydrogen (secondary N) is 1. The Bertz CT molecular complexity index is 1680. The van der Waals surface area contributed by atoms with E-state index in [0.29, 0.717) is 28.3 Å². The lowest BCUT2D eigenvalue weighted by molar-refractivity contribution is -0.113. The zero-order valence-electron chi connectivity index (χ0n) is 22.3. The van der Waals surface area contributed by atoms with Crippen LogP contribution in [0.3, 0.4) is 0 Å². The number of hydrogen-bond acceptors (Lipinski definition) is 7. The third kappa shape index (κ3) is 6.38. The number of rotatable bonds is 10. The van der Waals surface area contributed by atoms with Crippen molar-refractivity contribution in [3.05, 3.63) is 95.3 Å². The predicted molar refractivity (Wildman–Crippen MR) is 165 cm³/mol. The number of hydrogen-bond donors (Lipinski definition) is 1. The molecule has 5 aromatic rings. The van der Waals surface area contributed by atoms with Gasteiger partial charge in [-0.25, -0.2) is 4.98 Å². The first-order valence-electron chi connectivity index (χ1n) is 12.7. The molecule has 0 aliphatic carbocycles. The molecular formula is C30H28ClN5O2S2. The largest absolute Gasteiger partial charge is 0.483 e. The van der Waals surface area contributed by atoms with Crippen molar-refractivity contribution in [3.63, 3.8) is 0 Å². The number of allylic oxidation sites excluding steroid dienone is 1. The van der Waals surface area contributed by atoms with E-state index in [9.17, 15) is 4.79 Å². The molecule has 10 heteroatoms. The maximum Gasteiger partial charge on any atom is 0.234 e. The molecule has 204 valence electrons. The van der Waals surface area contributed by atoms with Crippen LogP contribution in [-0.2, 0) is 11.3 Å². The Morgan fingerprint density at radius 3 is 2.70 bits per heavy atom. The van der Waals surface area contributed by atoms with Gasteiger partial charge in [-0.15, -0.1) is 28.1 Å². The lowest BCUT2D eigenvalue weighted by atomic mass is 10.2. The third-order valence-electron chi connectivity index (χ3n) is 6.15. The summed E-state index contributed by atoms with van der Waals surface area (Å²) in [5.41, 5.74) is 4.88. The topological polar surface area (TPSA) is 81.9 Å². The van der Waals surface area contributed by atoms with Crippen molar-refractivity contribution in [2.45, 2.75) is 38.6 Å². The van der Waals surface area contributed by atoms with Crippen LogP contribution in [0.25, 0.3) is 20.8 Å². The van der Waals surface area contributed by atoms with Crippen LogP contribution in [0, 0.1) is 13.8 Å². The molecule has 7 nitrogen and oxygen atoms in total. The number of carbonyl (C=O) groups is 1. The lowest BCUT2D eigenvalue weighted by Gasteiger charge is -2.16. The number of aromatic nitrogens is 4. The van der Waals surface area contributed by atoms with Crippen LogP contribution in [0.1, 0.15) is 30.0 Å². The van der Waals surface area contributed by atoms with Crippen molar-refractivity contribution in [2.24, 2.45) is 0 Å². The second-order valence-corrected chi connectivity index (χ2v) is 11.7. The second-order valence-electron chi connectivity index (χ2n) is 9.32. The standard InChI is InChI=1S/C30H28ClN5O2S2/c1-5-14-36-28(20(4)38-23-11-12-24(31)19(3)16-23)34-35-30(36)39-17-27(37)32-22-9-7-21(8-10-22)29-33-25-13-6-18(2)15-26(25)40-29/h5-13,15-16,20H,1,14,17H2,2-4H3,(H,32,37). The number of thiazole rings is 1. The Labute approximate surface area is 246 Å². The van der Waals surface area contributed by atoms with E-state index in [1.807, 2.05) is 66.9 Å². The van der Waals surface area contributed by atoms with Gasteiger partial charge in [0.1, 0.15) is 10.8 Å². The minimum absolute atomic E-state index is 0.135. The summed E-state index contributed by atoms with van der Waals surface area (Å²) in [5, 5.41) is 13.9. The van der Waals surface area contributed by atoms with Gasteiger partial charge < -0.3 is 10.1 Å². The van der Waals surface area contributed by atoms with Crippen molar-refractivity contribution in [1.29, 1.82) is 0 Å². The highest BCUT2D eigenvalue weighted by atomic mass is 35.5. The molecule has 1 N–H and O–H groups in total. The maximum atomic E-state index is 12.7. The summed E-state index contributed by atoms with van der Waals surface area (Å²) in [4.78, 5) is 17.5. The van der Waals surface area contributed by atoms with Crippen LogP contribution in [0.4, 0.5) is 5.69 Å². The highest BCUT2D eigenvalue weighted by molar-refractivity contribution is 7.99. The van der Waals surface area contributed by atoms with Crippen LogP contribution in [0.5, 0.6) is 5.75 Å². The first-order valence-corrected chi connectivity index (χ1v) is 14.9. The van der Waals surface area contributed by atoms with Crippen LogP contribution >= 0.6 is 34.7 Å². The summed E-state index contributed by atoms with van der Waals surface area (Å²) in [5.74, 6) is 1.39. The summed E-state index contributed by atoms with van der Waals surface area (Å²) in [6.07, 6.45) is 1.40. The number of nitrogens with zero attached hydrogens (tertiary/aromatic N) is 4. The summed E-state index contributed by atoms with van der Waals surface area (Å²) < 4.78 is 9.17. The summed E-state index contributed by atoms with van der Waals surface area (Å²) in [7, 11) is 0. The van der Waals surface area contributed by atoms with E-state index in [-0.39, 0.29) is 17.8 Å². The van der Waals surface area contributed by atoms with E-state index in [0.717, 1.165) is 32.0 Å². The van der Waals surface area contributed by atoms with Gasteiger partial charge in [0.15, 0.2) is 17.1 Å². The van der Waals surface area contributed by atoms with Gasteiger partial charge in [0.2, 0.25) is 5.91 Å².